The van der Waals surface area contributed by atoms with Crippen LogP contribution < -0.4 is 5.32 Å². The third-order valence-electron chi connectivity index (χ3n) is 4.58. The minimum atomic E-state index is -1.05. The van der Waals surface area contributed by atoms with Crippen LogP contribution in [0, 0.1) is 13.8 Å². The Morgan fingerprint density at radius 1 is 1.24 bits per heavy atom. The predicted molar refractivity (Wildman–Crippen MR) is 94.9 cm³/mol. The Balaban J connectivity index is 1.63. The molecule has 0 saturated carbocycles. The summed E-state index contributed by atoms with van der Waals surface area (Å²) < 4.78 is 6.23. The fraction of sp³-hybridized carbons (Fsp3) is 0.421. The molecular weight excluding hydrogens is 318 g/mol. The van der Waals surface area contributed by atoms with Crippen LogP contribution in [-0.2, 0) is 4.74 Å². The maximum absolute atomic E-state index is 11.2. The number of aromatic nitrogens is 2. The molecule has 2 N–H and O–H groups in total. The minimum Gasteiger partial charge on any atom is -0.476 e. The highest BCUT2D eigenvalue weighted by Crippen LogP contribution is 2.31. The second-order valence-electron chi connectivity index (χ2n) is 6.47. The standard InChI is InChI=1S/C19H23N3O3/c1-12-6-8-14(9-7-12)16-5-3-4-15(25-16)10-20-18-13(2)17(19(23)24)21-11-22-18/h6-9,11,15-16H,3-5,10H2,1-2H3,(H,23,24)(H,20,21,22). The Morgan fingerprint density at radius 2 is 2.00 bits per heavy atom. The van der Waals surface area contributed by atoms with E-state index in [1.54, 1.807) is 6.92 Å². The largest absolute Gasteiger partial charge is 0.476 e. The lowest BCUT2D eigenvalue weighted by atomic mass is 9.97. The van der Waals surface area contributed by atoms with Crippen molar-refractivity contribution in [3.63, 3.8) is 0 Å². The van der Waals surface area contributed by atoms with E-state index in [9.17, 15) is 4.79 Å². The van der Waals surface area contributed by atoms with Gasteiger partial charge < -0.3 is 15.2 Å². The molecule has 0 amide bonds. The molecule has 25 heavy (non-hydrogen) atoms. The van der Waals surface area contributed by atoms with Gasteiger partial charge in [0.1, 0.15) is 12.1 Å². The number of anilines is 1. The zero-order chi connectivity index (χ0) is 17.8. The minimum absolute atomic E-state index is 0.0274. The van der Waals surface area contributed by atoms with Crippen molar-refractivity contribution in [2.75, 3.05) is 11.9 Å². The monoisotopic (exact) mass is 341 g/mol. The summed E-state index contributed by atoms with van der Waals surface area (Å²) in [5, 5.41) is 12.4. The first-order valence-electron chi connectivity index (χ1n) is 8.55. The number of carboxylic acids is 1. The summed E-state index contributed by atoms with van der Waals surface area (Å²) >= 11 is 0. The molecule has 2 heterocycles. The molecule has 2 unspecified atom stereocenters. The summed E-state index contributed by atoms with van der Waals surface area (Å²) in [5.74, 6) is -0.496. The number of aromatic carboxylic acids is 1. The van der Waals surface area contributed by atoms with Crippen molar-refractivity contribution in [3.8, 4) is 0 Å². The molecule has 2 aromatic rings. The van der Waals surface area contributed by atoms with E-state index in [0.717, 1.165) is 19.3 Å². The first-order valence-corrected chi connectivity index (χ1v) is 8.55. The van der Waals surface area contributed by atoms with Gasteiger partial charge in [-0.3, -0.25) is 0 Å². The number of carbonyl (C=O) groups is 1. The number of hydrogen-bond acceptors (Lipinski definition) is 5. The summed E-state index contributed by atoms with van der Waals surface area (Å²) in [6.07, 6.45) is 4.56. The average molecular weight is 341 g/mol. The number of hydrogen-bond donors (Lipinski definition) is 2. The van der Waals surface area contributed by atoms with Gasteiger partial charge in [0.25, 0.3) is 0 Å². The summed E-state index contributed by atoms with van der Waals surface area (Å²) in [6.45, 7) is 4.38. The number of benzene rings is 1. The molecule has 1 saturated heterocycles. The Hall–Kier alpha value is -2.47. The van der Waals surface area contributed by atoms with E-state index in [0.29, 0.717) is 17.9 Å². The molecule has 2 atom stereocenters. The maximum atomic E-state index is 11.2. The molecule has 1 aromatic carbocycles. The smallest absolute Gasteiger partial charge is 0.354 e. The Labute approximate surface area is 147 Å². The molecule has 0 aliphatic carbocycles. The van der Waals surface area contributed by atoms with Crippen molar-refractivity contribution in [1.82, 2.24) is 9.97 Å². The number of aryl methyl sites for hydroxylation is 1. The van der Waals surface area contributed by atoms with Gasteiger partial charge in [0.2, 0.25) is 0 Å². The van der Waals surface area contributed by atoms with Crippen molar-refractivity contribution >= 4 is 11.8 Å². The van der Waals surface area contributed by atoms with Crippen LogP contribution in [-0.4, -0.2) is 33.7 Å². The SMILES string of the molecule is Cc1ccc(C2CCCC(CNc3ncnc(C(=O)O)c3C)O2)cc1. The highest BCUT2D eigenvalue weighted by atomic mass is 16.5. The molecule has 0 spiro atoms. The normalized spacial score (nSPS) is 20.2. The second kappa shape index (κ2) is 7.61. The summed E-state index contributed by atoms with van der Waals surface area (Å²) in [5.41, 5.74) is 3.02. The molecule has 3 rings (SSSR count). The maximum Gasteiger partial charge on any atom is 0.354 e. The van der Waals surface area contributed by atoms with E-state index in [1.807, 2.05) is 0 Å². The van der Waals surface area contributed by atoms with E-state index in [-0.39, 0.29) is 17.9 Å². The van der Waals surface area contributed by atoms with Crippen LogP contribution in [0.1, 0.15) is 52.5 Å². The van der Waals surface area contributed by atoms with Gasteiger partial charge >= 0.3 is 5.97 Å². The van der Waals surface area contributed by atoms with Crippen LogP contribution in [0.3, 0.4) is 0 Å². The number of nitrogens with one attached hydrogen (secondary N) is 1. The van der Waals surface area contributed by atoms with Gasteiger partial charge in [0.15, 0.2) is 5.69 Å². The molecule has 1 aromatic heterocycles. The van der Waals surface area contributed by atoms with E-state index >= 15 is 0 Å². The quantitative estimate of drug-likeness (QED) is 0.866. The molecule has 0 radical (unpaired) electrons. The van der Waals surface area contributed by atoms with Gasteiger partial charge in [0, 0.05) is 12.1 Å². The first kappa shape index (κ1) is 17.4. The van der Waals surface area contributed by atoms with E-state index in [2.05, 4.69) is 46.5 Å². The Morgan fingerprint density at radius 3 is 2.72 bits per heavy atom. The van der Waals surface area contributed by atoms with Crippen LogP contribution in [0.2, 0.25) is 0 Å². The molecular formula is C19H23N3O3. The number of carboxylic acid groups (broad SMARTS) is 1. The van der Waals surface area contributed by atoms with Crippen LogP contribution in [0.25, 0.3) is 0 Å². The molecule has 6 heteroatoms. The van der Waals surface area contributed by atoms with E-state index in [1.165, 1.54) is 17.5 Å². The zero-order valence-electron chi connectivity index (χ0n) is 14.5. The summed E-state index contributed by atoms with van der Waals surface area (Å²) in [4.78, 5) is 19.1. The van der Waals surface area contributed by atoms with Crippen LogP contribution in [0.4, 0.5) is 5.82 Å². The van der Waals surface area contributed by atoms with Gasteiger partial charge in [-0.05, 0) is 38.7 Å². The van der Waals surface area contributed by atoms with Crippen LogP contribution in [0.15, 0.2) is 30.6 Å². The number of rotatable bonds is 5. The van der Waals surface area contributed by atoms with Crippen molar-refractivity contribution in [3.05, 3.63) is 53.0 Å². The molecule has 1 aliphatic heterocycles. The van der Waals surface area contributed by atoms with Gasteiger partial charge in [-0.1, -0.05) is 29.8 Å². The first-order chi connectivity index (χ1) is 12.0. The molecule has 132 valence electrons. The van der Waals surface area contributed by atoms with E-state index < -0.39 is 5.97 Å². The fourth-order valence-corrected chi connectivity index (χ4v) is 3.13. The lowest BCUT2D eigenvalue weighted by Crippen LogP contribution is -2.29. The second-order valence-corrected chi connectivity index (χ2v) is 6.47. The Bertz CT molecular complexity index is 746. The van der Waals surface area contributed by atoms with Gasteiger partial charge in [-0.2, -0.15) is 0 Å². The topological polar surface area (TPSA) is 84.3 Å². The highest BCUT2D eigenvalue weighted by Gasteiger charge is 2.24. The van der Waals surface area contributed by atoms with Crippen molar-refractivity contribution in [1.29, 1.82) is 0 Å². The van der Waals surface area contributed by atoms with Crippen molar-refractivity contribution in [2.45, 2.75) is 45.3 Å². The number of nitrogens with zero attached hydrogens (tertiary/aromatic N) is 2. The molecule has 1 aliphatic rings. The van der Waals surface area contributed by atoms with E-state index in [4.69, 9.17) is 9.84 Å². The zero-order valence-corrected chi connectivity index (χ0v) is 14.5. The Kier molecular flexibility index (Phi) is 5.28. The van der Waals surface area contributed by atoms with Crippen molar-refractivity contribution in [2.24, 2.45) is 0 Å². The lowest BCUT2D eigenvalue weighted by molar-refractivity contribution is -0.0442. The third-order valence-corrected chi connectivity index (χ3v) is 4.58. The molecule has 0 bridgehead atoms. The van der Waals surface area contributed by atoms with Gasteiger partial charge in [-0.25, -0.2) is 14.8 Å². The fourth-order valence-electron chi connectivity index (χ4n) is 3.13. The van der Waals surface area contributed by atoms with Crippen LogP contribution in [0.5, 0.6) is 0 Å². The van der Waals surface area contributed by atoms with Gasteiger partial charge in [-0.15, -0.1) is 0 Å². The summed E-state index contributed by atoms with van der Waals surface area (Å²) in [7, 11) is 0. The predicted octanol–water partition coefficient (Wildman–Crippen LogP) is 3.51. The molecule has 6 nitrogen and oxygen atoms in total. The molecule has 1 fully saturated rings. The third kappa shape index (κ3) is 4.14. The number of ether oxygens (including phenoxy) is 1. The highest BCUT2D eigenvalue weighted by molar-refractivity contribution is 5.88. The average Bonchev–Trinajstić information content (AvgIpc) is 2.61. The lowest BCUT2D eigenvalue weighted by Gasteiger charge is -2.31. The van der Waals surface area contributed by atoms with Crippen LogP contribution >= 0.6 is 0 Å². The van der Waals surface area contributed by atoms with Crippen molar-refractivity contribution < 1.29 is 14.6 Å². The summed E-state index contributed by atoms with van der Waals surface area (Å²) in [6, 6.07) is 8.48. The van der Waals surface area contributed by atoms with Gasteiger partial charge in [0.05, 0.1) is 12.2 Å².